The highest BCUT2D eigenvalue weighted by Crippen LogP contribution is 2.30. The van der Waals surface area contributed by atoms with E-state index in [0.717, 1.165) is 18.5 Å². The average Bonchev–Trinajstić information content (AvgIpc) is 2.41. The van der Waals surface area contributed by atoms with Gasteiger partial charge in [-0.1, -0.05) is 19.1 Å². The van der Waals surface area contributed by atoms with Crippen LogP contribution in [0.25, 0.3) is 0 Å². The summed E-state index contributed by atoms with van der Waals surface area (Å²) in [4.78, 5) is 10.8. The van der Waals surface area contributed by atoms with E-state index in [-0.39, 0.29) is 11.5 Å². The van der Waals surface area contributed by atoms with Gasteiger partial charge in [0.15, 0.2) is 0 Å². The maximum Gasteiger partial charge on any atom is 0.308 e. The summed E-state index contributed by atoms with van der Waals surface area (Å²) in [5.41, 5.74) is 0.551. The van der Waals surface area contributed by atoms with Crippen LogP contribution in [0.3, 0.4) is 0 Å². The lowest BCUT2D eigenvalue weighted by Gasteiger charge is -2.25. The molecular weight excluding hydrogens is 252 g/mol. The molecule has 4 heteroatoms. The zero-order valence-electron chi connectivity index (χ0n) is 12.2. The molecule has 2 atom stereocenters. The lowest BCUT2D eigenvalue weighted by Crippen LogP contribution is -2.22. The fourth-order valence-corrected chi connectivity index (χ4v) is 2.07. The normalized spacial score (nSPS) is 25.9. The van der Waals surface area contributed by atoms with Gasteiger partial charge in [-0.25, -0.2) is 0 Å². The van der Waals surface area contributed by atoms with Gasteiger partial charge >= 0.3 is 5.97 Å². The van der Waals surface area contributed by atoms with Gasteiger partial charge in [0.2, 0.25) is 0 Å². The molecule has 1 aromatic rings. The third-order valence-corrected chi connectivity index (χ3v) is 3.38. The molecule has 1 aliphatic carbocycles. The molecular formula is C16H20N2O2. The molecule has 0 saturated heterocycles. The lowest BCUT2D eigenvalue weighted by atomic mass is 9.85. The molecule has 1 aromatic carbocycles. The number of esters is 1. The van der Waals surface area contributed by atoms with Crippen molar-refractivity contribution in [3.63, 3.8) is 0 Å². The summed E-state index contributed by atoms with van der Waals surface area (Å²) >= 11 is 0. The SMILES string of the molecule is CC(=O)Oc1ccc(N=NC2(C)C=CC(C)CC2)cc1. The van der Waals surface area contributed by atoms with Crippen molar-refractivity contribution < 1.29 is 9.53 Å². The maximum absolute atomic E-state index is 10.8. The van der Waals surface area contributed by atoms with Crippen LogP contribution in [0, 0.1) is 5.92 Å². The number of ether oxygens (including phenoxy) is 1. The molecule has 1 aliphatic rings. The Kier molecular flexibility index (Phi) is 4.32. The van der Waals surface area contributed by atoms with Gasteiger partial charge in [0.1, 0.15) is 5.75 Å². The molecule has 0 spiro atoms. The molecule has 106 valence electrons. The molecule has 20 heavy (non-hydrogen) atoms. The molecule has 0 radical (unpaired) electrons. The summed E-state index contributed by atoms with van der Waals surface area (Å²) in [6.45, 7) is 5.68. The van der Waals surface area contributed by atoms with Gasteiger partial charge in [-0.3, -0.25) is 4.79 Å². The highest BCUT2D eigenvalue weighted by atomic mass is 16.5. The second-order valence-electron chi connectivity index (χ2n) is 5.52. The second kappa shape index (κ2) is 5.99. The van der Waals surface area contributed by atoms with Crippen LogP contribution in [0.15, 0.2) is 46.6 Å². The first-order chi connectivity index (χ1) is 9.47. The van der Waals surface area contributed by atoms with Crippen molar-refractivity contribution in [2.24, 2.45) is 16.1 Å². The van der Waals surface area contributed by atoms with E-state index < -0.39 is 0 Å². The first-order valence-corrected chi connectivity index (χ1v) is 6.88. The minimum Gasteiger partial charge on any atom is -0.427 e. The number of nitrogens with zero attached hydrogens (tertiary/aromatic N) is 2. The van der Waals surface area contributed by atoms with E-state index in [9.17, 15) is 4.79 Å². The zero-order chi connectivity index (χ0) is 14.6. The van der Waals surface area contributed by atoms with Crippen molar-refractivity contribution in [2.75, 3.05) is 0 Å². The van der Waals surface area contributed by atoms with Crippen LogP contribution in [0.2, 0.25) is 0 Å². The molecule has 0 N–H and O–H groups in total. The van der Waals surface area contributed by atoms with Crippen LogP contribution in [0.1, 0.15) is 33.6 Å². The van der Waals surface area contributed by atoms with Gasteiger partial charge < -0.3 is 4.74 Å². The number of allylic oxidation sites excluding steroid dienone is 1. The summed E-state index contributed by atoms with van der Waals surface area (Å²) in [7, 11) is 0. The molecule has 0 aliphatic heterocycles. The van der Waals surface area contributed by atoms with Crippen molar-refractivity contribution in [1.82, 2.24) is 0 Å². The molecule has 0 heterocycles. The third-order valence-electron chi connectivity index (χ3n) is 3.38. The van der Waals surface area contributed by atoms with Crippen molar-refractivity contribution >= 4 is 11.7 Å². The smallest absolute Gasteiger partial charge is 0.308 e. The number of hydrogen-bond acceptors (Lipinski definition) is 4. The summed E-state index contributed by atoms with van der Waals surface area (Å²) in [6, 6.07) is 7.02. The van der Waals surface area contributed by atoms with Gasteiger partial charge in [-0.15, -0.1) is 0 Å². The Labute approximate surface area is 119 Å². The first-order valence-electron chi connectivity index (χ1n) is 6.88. The van der Waals surface area contributed by atoms with Gasteiger partial charge in [0, 0.05) is 6.92 Å². The van der Waals surface area contributed by atoms with E-state index in [2.05, 4.69) is 36.2 Å². The predicted octanol–water partition coefficient (Wildman–Crippen LogP) is 4.44. The summed E-state index contributed by atoms with van der Waals surface area (Å²) in [6.07, 6.45) is 6.49. The van der Waals surface area contributed by atoms with Crippen LogP contribution in [-0.4, -0.2) is 11.5 Å². The van der Waals surface area contributed by atoms with Crippen LogP contribution in [-0.2, 0) is 4.79 Å². The average molecular weight is 272 g/mol. The third kappa shape index (κ3) is 4.02. The van der Waals surface area contributed by atoms with Gasteiger partial charge in [-0.2, -0.15) is 10.2 Å². The number of rotatable bonds is 3. The fourth-order valence-electron chi connectivity index (χ4n) is 2.07. The Morgan fingerprint density at radius 2 is 2.05 bits per heavy atom. The van der Waals surface area contributed by atoms with Crippen molar-refractivity contribution in [2.45, 2.75) is 39.2 Å². The van der Waals surface area contributed by atoms with E-state index in [1.807, 2.05) is 0 Å². The molecule has 2 rings (SSSR count). The predicted molar refractivity (Wildman–Crippen MR) is 78.2 cm³/mol. The standard InChI is InChI=1S/C16H20N2O2/c1-12-8-10-16(3,11-9-12)18-17-14-4-6-15(7-5-14)20-13(2)19/h4-8,10,12H,9,11H2,1-3H3. The van der Waals surface area contributed by atoms with Gasteiger partial charge in [0.05, 0.1) is 11.2 Å². The van der Waals surface area contributed by atoms with Crippen molar-refractivity contribution in [3.05, 3.63) is 36.4 Å². The van der Waals surface area contributed by atoms with Crippen molar-refractivity contribution in [1.29, 1.82) is 0 Å². The monoisotopic (exact) mass is 272 g/mol. The van der Waals surface area contributed by atoms with E-state index >= 15 is 0 Å². The van der Waals surface area contributed by atoms with E-state index in [0.29, 0.717) is 11.7 Å². The zero-order valence-corrected chi connectivity index (χ0v) is 12.2. The quantitative estimate of drug-likeness (QED) is 0.353. The van der Waals surface area contributed by atoms with E-state index in [1.165, 1.54) is 6.92 Å². The largest absolute Gasteiger partial charge is 0.427 e. The Morgan fingerprint density at radius 1 is 1.35 bits per heavy atom. The van der Waals surface area contributed by atoms with Gasteiger partial charge in [0.25, 0.3) is 0 Å². The molecule has 2 unspecified atom stereocenters. The summed E-state index contributed by atoms with van der Waals surface area (Å²) in [5, 5.41) is 8.72. The van der Waals surface area contributed by atoms with Crippen LogP contribution < -0.4 is 4.74 Å². The fraction of sp³-hybridized carbons (Fsp3) is 0.438. The Hall–Kier alpha value is -1.97. The second-order valence-corrected chi connectivity index (χ2v) is 5.52. The molecule has 0 fully saturated rings. The van der Waals surface area contributed by atoms with Crippen LogP contribution in [0.4, 0.5) is 5.69 Å². The van der Waals surface area contributed by atoms with Crippen LogP contribution in [0.5, 0.6) is 5.75 Å². The number of carbonyl (C=O) groups excluding carboxylic acids is 1. The minimum atomic E-state index is -0.326. The molecule has 0 saturated carbocycles. The molecule has 0 aromatic heterocycles. The number of benzene rings is 1. The van der Waals surface area contributed by atoms with Crippen molar-refractivity contribution in [3.8, 4) is 5.75 Å². The highest BCUT2D eigenvalue weighted by molar-refractivity contribution is 5.69. The minimum absolute atomic E-state index is 0.207. The Balaban J connectivity index is 2.04. The van der Waals surface area contributed by atoms with E-state index in [4.69, 9.17) is 4.74 Å². The topological polar surface area (TPSA) is 51.0 Å². The van der Waals surface area contributed by atoms with Crippen LogP contribution >= 0.6 is 0 Å². The van der Waals surface area contributed by atoms with Gasteiger partial charge in [-0.05, 0) is 49.9 Å². The summed E-state index contributed by atoms with van der Waals surface area (Å²) in [5.74, 6) is 0.823. The number of carbonyl (C=O) groups is 1. The molecule has 0 amide bonds. The summed E-state index contributed by atoms with van der Waals surface area (Å²) < 4.78 is 4.97. The highest BCUT2D eigenvalue weighted by Gasteiger charge is 2.24. The molecule has 0 bridgehead atoms. The first kappa shape index (κ1) is 14.4. The number of hydrogen-bond donors (Lipinski definition) is 0. The Bertz CT molecular complexity index is 534. The molecule has 4 nitrogen and oxygen atoms in total. The lowest BCUT2D eigenvalue weighted by molar-refractivity contribution is -0.131. The maximum atomic E-state index is 10.8. The Morgan fingerprint density at radius 3 is 2.60 bits per heavy atom. The number of azo groups is 1. The van der Waals surface area contributed by atoms with E-state index in [1.54, 1.807) is 24.3 Å².